The molecule has 1 aliphatic rings. The summed E-state index contributed by atoms with van der Waals surface area (Å²) >= 11 is 7.86. The van der Waals surface area contributed by atoms with Crippen molar-refractivity contribution in [3.8, 4) is 5.69 Å². The number of aromatic nitrogens is 4. The predicted octanol–water partition coefficient (Wildman–Crippen LogP) is 5.63. The van der Waals surface area contributed by atoms with Crippen LogP contribution in [0.4, 0.5) is 10.9 Å². The standard InChI is InChI=1S/C25H23ClN6S/c1-16-14-22(28-24-23(16)17(2)29-32(24)19-6-4-3-5-7-19)30-10-12-31(13-11-30)25-27-20-9-8-18(26)15-21(20)33-25/h3-9,14-15H,10-13H2,1-2H3. The number of pyridine rings is 1. The third-order valence-corrected chi connectivity index (χ3v) is 7.52. The molecule has 3 aromatic heterocycles. The highest BCUT2D eigenvalue weighted by molar-refractivity contribution is 7.22. The topological polar surface area (TPSA) is 50.1 Å². The Hall–Kier alpha value is -3.16. The molecule has 6 rings (SSSR count). The summed E-state index contributed by atoms with van der Waals surface area (Å²) < 4.78 is 3.09. The van der Waals surface area contributed by atoms with Gasteiger partial charge < -0.3 is 9.80 Å². The van der Waals surface area contributed by atoms with E-state index in [4.69, 9.17) is 26.7 Å². The van der Waals surface area contributed by atoms with Crippen LogP contribution in [0.5, 0.6) is 0 Å². The van der Waals surface area contributed by atoms with Crippen molar-refractivity contribution in [1.29, 1.82) is 0 Å². The fraction of sp³-hybridized carbons (Fsp3) is 0.240. The summed E-state index contributed by atoms with van der Waals surface area (Å²) in [5, 5.41) is 7.74. The summed E-state index contributed by atoms with van der Waals surface area (Å²) in [7, 11) is 0. The first-order chi connectivity index (χ1) is 16.1. The number of para-hydroxylation sites is 1. The second kappa shape index (κ2) is 8.01. The molecule has 0 aliphatic carbocycles. The summed E-state index contributed by atoms with van der Waals surface area (Å²) in [5.74, 6) is 1.01. The maximum absolute atomic E-state index is 6.15. The van der Waals surface area contributed by atoms with E-state index in [-0.39, 0.29) is 0 Å². The molecule has 4 heterocycles. The molecule has 0 radical (unpaired) electrons. The minimum absolute atomic E-state index is 0.754. The molecule has 8 heteroatoms. The summed E-state index contributed by atoms with van der Waals surface area (Å²) in [5.41, 5.74) is 5.17. The van der Waals surface area contributed by atoms with Gasteiger partial charge in [0, 0.05) is 36.6 Å². The Bertz CT molecular complexity index is 1470. The third-order valence-electron chi connectivity index (χ3n) is 6.21. The summed E-state index contributed by atoms with van der Waals surface area (Å²) in [6.07, 6.45) is 0. The molecule has 1 aliphatic heterocycles. The maximum atomic E-state index is 6.15. The van der Waals surface area contributed by atoms with Gasteiger partial charge in [-0.05, 0) is 55.8 Å². The SMILES string of the molecule is Cc1cc(N2CCN(c3nc4ccc(Cl)cc4s3)CC2)nc2c1c(C)nn2-c1ccccc1. The zero-order valence-corrected chi connectivity index (χ0v) is 20.1. The highest BCUT2D eigenvalue weighted by Gasteiger charge is 2.23. The van der Waals surface area contributed by atoms with E-state index in [9.17, 15) is 0 Å². The first kappa shape index (κ1) is 20.4. The van der Waals surface area contributed by atoms with E-state index in [1.165, 1.54) is 5.56 Å². The van der Waals surface area contributed by atoms with Gasteiger partial charge >= 0.3 is 0 Å². The smallest absolute Gasteiger partial charge is 0.186 e. The number of hydrogen-bond acceptors (Lipinski definition) is 6. The van der Waals surface area contributed by atoms with Crippen molar-refractivity contribution < 1.29 is 0 Å². The Balaban J connectivity index is 1.28. The number of rotatable bonds is 3. The molecule has 6 nitrogen and oxygen atoms in total. The molecular weight excluding hydrogens is 452 g/mol. The van der Waals surface area contributed by atoms with Crippen molar-refractivity contribution in [1.82, 2.24) is 19.7 Å². The third kappa shape index (κ3) is 3.61. The molecule has 0 spiro atoms. The molecule has 1 fully saturated rings. The van der Waals surface area contributed by atoms with E-state index in [0.717, 1.165) is 74.8 Å². The van der Waals surface area contributed by atoms with E-state index in [1.807, 2.05) is 41.1 Å². The number of halogens is 1. The molecule has 0 amide bonds. The van der Waals surface area contributed by atoms with Gasteiger partial charge in [0.25, 0.3) is 0 Å². The summed E-state index contributed by atoms with van der Waals surface area (Å²) in [6, 6.07) is 18.3. The van der Waals surface area contributed by atoms with Crippen molar-refractivity contribution in [3.63, 3.8) is 0 Å². The lowest BCUT2D eigenvalue weighted by atomic mass is 10.1. The number of fused-ring (bicyclic) bond motifs is 2. The van der Waals surface area contributed by atoms with Crippen molar-refractivity contribution in [2.75, 3.05) is 36.0 Å². The van der Waals surface area contributed by atoms with Gasteiger partial charge in [0.1, 0.15) is 5.82 Å². The number of nitrogens with zero attached hydrogens (tertiary/aromatic N) is 6. The highest BCUT2D eigenvalue weighted by atomic mass is 35.5. The van der Waals surface area contributed by atoms with Crippen LogP contribution in [0.1, 0.15) is 11.3 Å². The van der Waals surface area contributed by atoms with Crippen molar-refractivity contribution in [2.45, 2.75) is 13.8 Å². The number of piperazine rings is 1. The van der Waals surface area contributed by atoms with Gasteiger partial charge in [-0.3, -0.25) is 0 Å². The zero-order valence-electron chi connectivity index (χ0n) is 18.5. The second-order valence-electron chi connectivity index (χ2n) is 8.41. The minimum Gasteiger partial charge on any atom is -0.353 e. The lowest BCUT2D eigenvalue weighted by molar-refractivity contribution is 0.647. The van der Waals surface area contributed by atoms with Crippen LogP contribution in [0.25, 0.3) is 26.9 Å². The van der Waals surface area contributed by atoms with Gasteiger partial charge in [-0.15, -0.1) is 0 Å². The highest BCUT2D eigenvalue weighted by Crippen LogP contribution is 2.32. The van der Waals surface area contributed by atoms with Gasteiger partial charge in [0.2, 0.25) is 0 Å². The first-order valence-electron chi connectivity index (χ1n) is 11.1. The summed E-state index contributed by atoms with van der Waals surface area (Å²) in [4.78, 5) is 14.6. The molecule has 1 saturated heterocycles. The van der Waals surface area contributed by atoms with E-state index >= 15 is 0 Å². The van der Waals surface area contributed by atoms with E-state index in [2.05, 4.69) is 41.8 Å². The van der Waals surface area contributed by atoms with Crippen LogP contribution < -0.4 is 9.80 Å². The Morgan fingerprint density at radius 1 is 0.879 bits per heavy atom. The van der Waals surface area contributed by atoms with Crippen molar-refractivity contribution >= 4 is 55.1 Å². The monoisotopic (exact) mass is 474 g/mol. The molecule has 33 heavy (non-hydrogen) atoms. The van der Waals surface area contributed by atoms with Crippen LogP contribution in [-0.2, 0) is 0 Å². The normalized spacial score (nSPS) is 14.5. The zero-order chi connectivity index (χ0) is 22.5. The Morgan fingerprint density at radius 2 is 1.64 bits per heavy atom. The van der Waals surface area contributed by atoms with Crippen LogP contribution in [-0.4, -0.2) is 45.9 Å². The van der Waals surface area contributed by atoms with Gasteiger partial charge in [-0.2, -0.15) is 5.10 Å². The fourth-order valence-electron chi connectivity index (χ4n) is 4.55. The lowest BCUT2D eigenvalue weighted by Crippen LogP contribution is -2.46. The number of anilines is 2. The van der Waals surface area contributed by atoms with Crippen molar-refractivity contribution in [2.24, 2.45) is 0 Å². The predicted molar refractivity (Wildman–Crippen MR) is 137 cm³/mol. The van der Waals surface area contributed by atoms with E-state index in [0.29, 0.717) is 0 Å². The molecule has 0 atom stereocenters. The molecule has 0 unspecified atom stereocenters. The second-order valence-corrected chi connectivity index (χ2v) is 9.86. The van der Waals surface area contributed by atoms with Gasteiger partial charge in [0.15, 0.2) is 10.8 Å². The molecule has 0 N–H and O–H groups in total. The van der Waals surface area contributed by atoms with Crippen LogP contribution in [0.15, 0.2) is 54.6 Å². The molecular formula is C25H23ClN6S. The number of benzene rings is 2. The van der Waals surface area contributed by atoms with Crippen LogP contribution in [0.2, 0.25) is 5.02 Å². The molecule has 166 valence electrons. The average molecular weight is 475 g/mol. The van der Waals surface area contributed by atoms with Crippen LogP contribution in [0.3, 0.4) is 0 Å². The Labute approximate surface area is 201 Å². The fourth-order valence-corrected chi connectivity index (χ4v) is 5.84. The lowest BCUT2D eigenvalue weighted by Gasteiger charge is -2.35. The quantitative estimate of drug-likeness (QED) is 0.339. The molecule has 0 bridgehead atoms. The van der Waals surface area contributed by atoms with Gasteiger partial charge in [-0.1, -0.05) is 41.1 Å². The van der Waals surface area contributed by atoms with E-state index < -0.39 is 0 Å². The number of thiazole rings is 1. The van der Waals surface area contributed by atoms with Crippen LogP contribution >= 0.6 is 22.9 Å². The Kier molecular flexibility index (Phi) is 4.96. The maximum Gasteiger partial charge on any atom is 0.186 e. The van der Waals surface area contributed by atoms with E-state index in [1.54, 1.807) is 11.3 Å². The van der Waals surface area contributed by atoms with Gasteiger partial charge in [-0.25, -0.2) is 14.6 Å². The van der Waals surface area contributed by atoms with Gasteiger partial charge in [0.05, 0.1) is 21.6 Å². The Morgan fingerprint density at radius 3 is 2.42 bits per heavy atom. The van der Waals surface area contributed by atoms with Crippen LogP contribution in [0, 0.1) is 13.8 Å². The number of aryl methyl sites for hydroxylation is 2. The largest absolute Gasteiger partial charge is 0.353 e. The number of hydrogen-bond donors (Lipinski definition) is 0. The molecule has 2 aromatic carbocycles. The average Bonchev–Trinajstić information content (AvgIpc) is 3.40. The molecule has 0 saturated carbocycles. The van der Waals surface area contributed by atoms with Crippen molar-refractivity contribution in [3.05, 3.63) is 70.9 Å². The molecule has 5 aromatic rings. The first-order valence-corrected chi connectivity index (χ1v) is 12.2. The minimum atomic E-state index is 0.754. The summed E-state index contributed by atoms with van der Waals surface area (Å²) in [6.45, 7) is 7.81.